The smallest absolute Gasteiger partial charge is 0.356 e. The molecule has 0 radical (unpaired) electrons. The Kier molecular flexibility index (Phi) is 2.45. The Morgan fingerprint density at radius 2 is 2.22 bits per heavy atom. The number of H-pyrrole nitrogens is 1. The normalized spacial score (nSPS) is 10.9. The maximum Gasteiger partial charge on any atom is 0.356 e. The van der Waals surface area contributed by atoms with Crippen LogP contribution in [-0.4, -0.2) is 21.3 Å². The second-order valence-electron chi connectivity index (χ2n) is 3.74. The topological polar surface area (TPSA) is 79.1 Å². The molecule has 0 aliphatic rings. The van der Waals surface area contributed by atoms with E-state index in [4.69, 9.17) is 9.52 Å². The summed E-state index contributed by atoms with van der Waals surface area (Å²) < 4.78 is 6.52. The Labute approximate surface area is 110 Å². The first-order valence-electron chi connectivity index (χ1n) is 5.12. The van der Waals surface area contributed by atoms with Crippen LogP contribution in [0.5, 0.6) is 0 Å². The van der Waals surface area contributed by atoms with Crippen LogP contribution in [0.3, 0.4) is 0 Å². The summed E-state index contributed by atoms with van der Waals surface area (Å²) in [6, 6.07) is 8.97. The summed E-state index contributed by atoms with van der Waals surface area (Å²) in [5.74, 6) is -0.522. The first kappa shape index (κ1) is 11.0. The molecule has 2 N–H and O–H groups in total. The number of furan rings is 1. The van der Waals surface area contributed by atoms with Gasteiger partial charge in [0.1, 0.15) is 11.3 Å². The van der Waals surface area contributed by atoms with E-state index in [1.165, 1.54) is 6.07 Å². The third-order valence-corrected chi connectivity index (χ3v) is 3.18. The third kappa shape index (κ3) is 1.70. The minimum Gasteiger partial charge on any atom is -0.476 e. The van der Waals surface area contributed by atoms with Crippen molar-refractivity contribution in [1.29, 1.82) is 0 Å². The molecular weight excluding hydrogens is 300 g/mol. The van der Waals surface area contributed by atoms with Crippen molar-refractivity contribution < 1.29 is 14.3 Å². The standard InChI is InChI=1S/C12H7BrN2O3/c13-7-3-1-2-6-4-10(18-11(6)7)8-5-9(12(16)17)15-14-8/h1-5H,(H,14,15)(H,16,17). The molecule has 0 unspecified atom stereocenters. The maximum atomic E-state index is 10.8. The van der Waals surface area contributed by atoms with Crippen molar-refractivity contribution in [3.63, 3.8) is 0 Å². The number of carboxylic acid groups (broad SMARTS) is 1. The summed E-state index contributed by atoms with van der Waals surface area (Å²) in [5, 5.41) is 16.1. The Morgan fingerprint density at radius 3 is 2.89 bits per heavy atom. The van der Waals surface area contributed by atoms with Gasteiger partial charge >= 0.3 is 5.97 Å². The molecule has 2 heterocycles. The Hall–Kier alpha value is -2.08. The van der Waals surface area contributed by atoms with Gasteiger partial charge in [-0.25, -0.2) is 4.79 Å². The highest BCUT2D eigenvalue weighted by molar-refractivity contribution is 9.10. The van der Waals surface area contributed by atoms with Crippen LogP contribution in [0, 0.1) is 0 Å². The zero-order valence-electron chi connectivity index (χ0n) is 8.98. The van der Waals surface area contributed by atoms with Gasteiger partial charge in [-0.2, -0.15) is 5.10 Å². The van der Waals surface area contributed by atoms with E-state index in [9.17, 15) is 4.79 Å². The van der Waals surface area contributed by atoms with Crippen molar-refractivity contribution in [3.05, 3.63) is 40.5 Å². The molecule has 18 heavy (non-hydrogen) atoms. The van der Waals surface area contributed by atoms with E-state index in [1.54, 1.807) is 0 Å². The van der Waals surface area contributed by atoms with E-state index < -0.39 is 5.97 Å². The number of benzene rings is 1. The number of aromatic carboxylic acids is 1. The van der Waals surface area contributed by atoms with Crippen molar-refractivity contribution >= 4 is 32.9 Å². The number of fused-ring (bicyclic) bond motifs is 1. The summed E-state index contributed by atoms with van der Waals surface area (Å²) in [6.07, 6.45) is 0. The second kappa shape index (κ2) is 3.99. The van der Waals surface area contributed by atoms with Crippen LogP contribution in [0.2, 0.25) is 0 Å². The largest absolute Gasteiger partial charge is 0.476 e. The van der Waals surface area contributed by atoms with Gasteiger partial charge in [-0.15, -0.1) is 0 Å². The number of aromatic nitrogens is 2. The van der Waals surface area contributed by atoms with Crippen LogP contribution < -0.4 is 0 Å². The molecule has 5 nitrogen and oxygen atoms in total. The van der Waals surface area contributed by atoms with Gasteiger partial charge in [-0.3, -0.25) is 5.10 Å². The Morgan fingerprint density at radius 1 is 1.39 bits per heavy atom. The van der Waals surface area contributed by atoms with Crippen LogP contribution in [0.15, 0.2) is 39.2 Å². The number of hydrogen-bond acceptors (Lipinski definition) is 3. The molecule has 1 aromatic carbocycles. The highest BCUT2D eigenvalue weighted by Crippen LogP contribution is 2.31. The lowest BCUT2D eigenvalue weighted by molar-refractivity contribution is 0.0690. The average Bonchev–Trinajstić information content (AvgIpc) is 2.95. The molecule has 2 aromatic heterocycles. The summed E-state index contributed by atoms with van der Waals surface area (Å²) in [5.41, 5.74) is 1.22. The van der Waals surface area contributed by atoms with Crippen LogP contribution in [0.4, 0.5) is 0 Å². The quantitative estimate of drug-likeness (QED) is 0.761. The number of para-hydroxylation sites is 1. The van der Waals surface area contributed by atoms with E-state index >= 15 is 0 Å². The minimum absolute atomic E-state index is 0.0375. The number of halogens is 1. The predicted octanol–water partition coefficient (Wildman–Crippen LogP) is 3.28. The fourth-order valence-electron chi connectivity index (χ4n) is 1.72. The molecule has 0 aliphatic heterocycles. The molecule has 0 saturated carbocycles. The maximum absolute atomic E-state index is 10.8. The monoisotopic (exact) mass is 306 g/mol. The molecule has 3 aromatic rings. The fraction of sp³-hybridized carbons (Fsp3) is 0. The third-order valence-electron chi connectivity index (χ3n) is 2.56. The van der Waals surface area contributed by atoms with Gasteiger partial charge in [-0.1, -0.05) is 12.1 Å². The van der Waals surface area contributed by atoms with Gasteiger partial charge in [-0.05, 0) is 28.1 Å². The number of hydrogen-bond donors (Lipinski definition) is 2. The van der Waals surface area contributed by atoms with Crippen LogP contribution in [0.25, 0.3) is 22.4 Å². The van der Waals surface area contributed by atoms with Gasteiger partial charge < -0.3 is 9.52 Å². The molecule has 6 heteroatoms. The molecule has 0 aliphatic carbocycles. The lowest BCUT2D eigenvalue weighted by Crippen LogP contribution is -1.95. The molecule has 90 valence electrons. The summed E-state index contributed by atoms with van der Waals surface area (Å²) in [7, 11) is 0. The van der Waals surface area contributed by atoms with Crippen molar-refractivity contribution in [2.75, 3.05) is 0 Å². The van der Waals surface area contributed by atoms with E-state index in [2.05, 4.69) is 26.1 Å². The van der Waals surface area contributed by atoms with E-state index in [1.807, 2.05) is 24.3 Å². The van der Waals surface area contributed by atoms with Gasteiger partial charge in [0.15, 0.2) is 11.5 Å². The molecule has 0 spiro atoms. The van der Waals surface area contributed by atoms with Crippen LogP contribution >= 0.6 is 15.9 Å². The zero-order chi connectivity index (χ0) is 12.7. The summed E-state index contributed by atoms with van der Waals surface area (Å²) in [4.78, 5) is 10.8. The first-order chi connectivity index (χ1) is 8.65. The summed E-state index contributed by atoms with van der Waals surface area (Å²) >= 11 is 3.40. The number of carbonyl (C=O) groups is 1. The first-order valence-corrected chi connectivity index (χ1v) is 5.91. The molecular formula is C12H7BrN2O3. The van der Waals surface area contributed by atoms with Gasteiger partial charge in [0, 0.05) is 11.5 Å². The van der Waals surface area contributed by atoms with Gasteiger partial charge in [0.2, 0.25) is 0 Å². The second-order valence-corrected chi connectivity index (χ2v) is 4.60. The Balaban J connectivity index is 2.13. The van der Waals surface area contributed by atoms with E-state index in [-0.39, 0.29) is 5.69 Å². The molecule has 3 rings (SSSR count). The van der Waals surface area contributed by atoms with Crippen LogP contribution in [-0.2, 0) is 0 Å². The van der Waals surface area contributed by atoms with Crippen LogP contribution in [0.1, 0.15) is 10.5 Å². The molecule has 0 bridgehead atoms. The predicted molar refractivity (Wildman–Crippen MR) is 68.5 cm³/mol. The number of nitrogens with one attached hydrogen (secondary N) is 1. The van der Waals surface area contributed by atoms with Crippen molar-refractivity contribution in [1.82, 2.24) is 10.2 Å². The zero-order valence-corrected chi connectivity index (χ0v) is 10.6. The van der Waals surface area contributed by atoms with E-state index in [0.29, 0.717) is 11.5 Å². The molecule has 0 fully saturated rings. The lowest BCUT2D eigenvalue weighted by Gasteiger charge is -1.90. The molecule has 0 amide bonds. The lowest BCUT2D eigenvalue weighted by atomic mass is 10.2. The van der Waals surface area contributed by atoms with Crippen molar-refractivity contribution in [2.45, 2.75) is 0 Å². The Bertz CT molecular complexity index is 745. The molecule has 0 atom stereocenters. The van der Waals surface area contributed by atoms with Gasteiger partial charge in [0.05, 0.1) is 4.47 Å². The fourth-order valence-corrected chi connectivity index (χ4v) is 2.18. The molecule has 0 saturated heterocycles. The number of nitrogens with zero attached hydrogens (tertiary/aromatic N) is 1. The average molecular weight is 307 g/mol. The van der Waals surface area contributed by atoms with Gasteiger partial charge in [0.25, 0.3) is 0 Å². The van der Waals surface area contributed by atoms with Crippen molar-refractivity contribution in [2.24, 2.45) is 0 Å². The summed E-state index contributed by atoms with van der Waals surface area (Å²) in [6.45, 7) is 0. The number of rotatable bonds is 2. The highest BCUT2D eigenvalue weighted by atomic mass is 79.9. The minimum atomic E-state index is -1.07. The number of aromatic amines is 1. The van der Waals surface area contributed by atoms with E-state index in [0.717, 1.165) is 15.4 Å². The SMILES string of the molecule is O=C(O)c1cc(-c2cc3cccc(Br)c3o2)[nH]n1. The highest BCUT2D eigenvalue weighted by Gasteiger charge is 2.13. The van der Waals surface area contributed by atoms with Crippen molar-refractivity contribution in [3.8, 4) is 11.5 Å². The number of carboxylic acids is 1.